The molecule has 1 unspecified atom stereocenters. The van der Waals surface area contributed by atoms with Crippen LogP contribution >= 0.6 is 24.0 Å². The largest absolute Gasteiger partial charge is 0.496 e. The quantitative estimate of drug-likeness (QED) is 0.255. The Morgan fingerprint density at radius 1 is 1.27 bits per heavy atom. The zero-order valence-corrected chi connectivity index (χ0v) is 18.1. The first-order valence-electron chi connectivity index (χ1n) is 8.87. The molecule has 2 aromatic rings. The highest BCUT2D eigenvalue weighted by Gasteiger charge is 2.10. The molecular formula is C19H30IN5O. The average Bonchev–Trinajstić information content (AvgIpc) is 3.16. The fourth-order valence-corrected chi connectivity index (χ4v) is 2.62. The number of rotatable bonds is 9. The third-order valence-corrected chi connectivity index (χ3v) is 3.95. The zero-order chi connectivity index (χ0) is 17.9. The monoisotopic (exact) mass is 471 g/mol. The molecule has 0 amide bonds. The van der Waals surface area contributed by atoms with E-state index in [0.29, 0.717) is 6.54 Å². The number of benzene rings is 1. The Balaban J connectivity index is 0.00000338. The van der Waals surface area contributed by atoms with Gasteiger partial charge in [-0.05, 0) is 31.0 Å². The number of para-hydroxylation sites is 1. The van der Waals surface area contributed by atoms with Crippen LogP contribution in [-0.4, -0.2) is 42.5 Å². The van der Waals surface area contributed by atoms with E-state index in [-0.39, 0.29) is 29.9 Å². The third kappa shape index (κ3) is 7.23. The number of aryl methyl sites for hydroxylation is 1. The van der Waals surface area contributed by atoms with Crippen molar-refractivity contribution >= 4 is 29.9 Å². The lowest BCUT2D eigenvalue weighted by Crippen LogP contribution is -2.38. The summed E-state index contributed by atoms with van der Waals surface area (Å²) in [5, 5.41) is 10.9. The SMILES string of the molecule is CCNC(=NCC(C)c1ccccc1OC)NCCCn1cccn1.I. The molecule has 0 aliphatic carbocycles. The Morgan fingerprint density at radius 3 is 2.77 bits per heavy atom. The molecule has 1 heterocycles. The Hall–Kier alpha value is -1.77. The summed E-state index contributed by atoms with van der Waals surface area (Å²) in [6.07, 6.45) is 4.78. The number of ether oxygens (including phenoxy) is 1. The van der Waals surface area contributed by atoms with E-state index in [1.165, 1.54) is 5.56 Å². The van der Waals surface area contributed by atoms with Crippen molar-refractivity contribution in [2.75, 3.05) is 26.7 Å². The first kappa shape index (κ1) is 22.3. The molecule has 0 radical (unpaired) electrons. The lowest BCUT2D eigenvalue weighted by atomic mass is 10.0. The summed E-state index contributed by atoms with van der Waals surface area (Å²) >= 11 is 0. The molecule has 1 aromatic heterocycles. The molecule has 0 saturated heterocycles. The number of hydrogen-bond donors (Lipinski definition) is 2. The van der Waals surface area contributed by atoms with Gasteiger partial charge in [0.2, 0.25) is 0 Å². The van der Waals surface area contributed by atoms with Crippen LogP contribution in [0.1, 0.15) is 31.7 Å². The van der Waals surface area contributed by atoms with Crippen LogP contribution in [0, 0.1) is 0 Å². The second-order valence-corrected chi connectivity index (χ2v) is 5.91. The Morgan fingerprint density at radius 2 is 2.08 bits per heavy atom. The summed E-state index contributed by atoms with van der Waals surface area (Å²) in [6.45, 7) is 7.54. The maximum absolute atomic E-state index is 5.45. The minimum absolute atomic E-state index is 0. The normalized spacial score (nSPS) is 12.2. The van der Waals surface area contributed by atoms with Gasteiger partial charge in [-0.1, -0.05) is 25.1 Å². The first-order chi connectivity index (χ1) is 12.2. The van der Waals surface area contributed by atoms with E-state index >= 15 is 0 Å². The molecule has 0 fully saturated rings. The number of guanidine groups is 1. The molecular weight excluding hydrogens is 441 g/mol. The second kappa shape index (κ2) is 12.6. The number of nitrogens with one attached hydrogen (secondary N) is 2. The molecule has 0 bridgehead atoms. The van der Waals surface area contributed by atoms with E-state index in [1.807, 2.05) is 35.1 Å². The van der Waals surface area contributed by atoms with E-state index in [2.05, 4.69) is 35.6 Å². The van der Waals surface area contributed by atoms with Gasteiger partial charge < -0.3 is 15.4 Å². The highest BCUT2D eigenvalue weighted by Crippen LogP contribution is 2.26. The van der Waals surface area contributed by atoms with Gasteiger partial charge >= 0.3 is 0 Å². The van der Waals surface area contributed by atoms with E-state index in [1.54, 1.807) is 13.3 Å². The van der Waals surface area contributed by atoms with E-state index < -0.39 is 0 Å². The number of methoxy groups -OCH3 is 1. The predicted octanol–water partition coefficient (Wildman–Crippen LogP) is 3.26. The summed E-state index contributed by atoms with van der Waals surface area (Å²) in [7, 11) is 1.71. The molecule has 0 aliphatic rings. The minimum Gasteiger partial charge on any atom is -0.496 e. The van der Waals surface area contributed by atoms with Gasteiger partial charge in [0.25, 0.3) is 0 Å². The number of nitrogens with zero attached hydrogens (tertiary/aromatic N) is 3. The van der Waals surface area contributed by atoms with Crippen LogP contribution in [0.3, 0.4) is 0 Å². The number of hydrogen-bond acceptors (Lipinski definition) is 3. The molecule has 2 rings (SSSR count). The van der Waals surface area contributed by atoms with Crippen molar-refractivity contribution in [2.24, 2.45) is 4.99 Å². The van der Waals surface area contributed by atoms with Crippen LogP contribution < -0.4 is 15.4 Å². The van der Waals surface area contributed by atoms with Crippen LogP contribution in [0.4, 0.5) is 0 Å². The topological polar surface area (TPSA) is 63.5 Å². The van der Waals surface area contributed by atoms with Crippen molar-refractivity contribution in [3.8, 4) is 5.75 Å². The summed E-state index contributed by atoms with van der Waals surface area (Å²) in [6, 6.07) is 10.1. The van der Waals surface area contributed by atoms with Crippen LogP contribution in [0.2, 0.25) is 0 Å². The first-order valence-corrected chi connectivity index (χ1v) is 8.87. The third-order valence-electron chi connectivity index (χ3n) is 3.95. The van der Waals surface area contributed by atoms with Gasteiger partial charge in [0, 0.05) is 44.5 Å². The number of aliphatic imine (C=N–C) groups is 1. The fraction of sp³-hybridized carbons (Fsp3) is 0.474. The van der Waals surface area contributed by atoms with Crippen LogP contribution in [0.25, 0.3) is 0 Å². The van der Waals surface area contributed by atoms with Crippen molar-refractivity contribution in [1.29, 1.82) is 0 Å². The van der Waals surface area contributed by atoms with Gasteiger partial charge in [-0.15, -0.1) is 24.0 Å². The molecule has 0 saturated carbocycles. The predicted molar refractivity (Wildman–Crippen MR) is 118 cm³/mol. The van der Waals surface area contributed by atoms with Gasteiger partial charge in [-0.3, -0.25) is 9.67 Å². The standard InChI is InChI=1S/C19H29N5O.HI/c1-4-20-19(21-11-7-13-24-14-8-12-23-24)22-15-16(2)17-9-5-6-10-18(17)25-3;/h5-6,8-10,12,14,16H,4,7,11,13,15H2,1-3H3,(H2,20,21,22);1H. The highest BCUT2D eigenvalue weighted by molar-refractivity contribution is 14.0. The molecule has 144 valence electrons. The molecule has 1 atom stereocenters. The summed E-state index contributed by atoms with van der Waals surface area (Å²) < 4.78 is 7.39. The lowest BCUT2D eigenvalue weighted by Gasteiger charge is -2.16. The second-order valence-electron chi connectivity index (χ2n) is 5.91. The molecule has 6 nitrogen and oxygen atoms in total. The van der Waals surface area contributed by atoms with E-state index in [4.69, 9.17) is 9.73 Å². The highest BCUT2D eigenvalue weighted by atomic mass is 127. The number of aromatic nitrogens is 2. The maximum Gasteiger partial charge on any atom is 0.191 e. The molecule has 7 heteroatoms. The van der Waals surface area contributed by atoms with Gasteiger partial charge in [0.1, 0.15) is 5.75 Å². The van der Waals surface area contributed by atoms with Crippen molar-refractivity contribution in [2.45, 2.75) is 32.7 Å². The van der Waals surface area contributed by atoms with Crippen molar-refractivity contribution in [1.82, 2.24) is 20.4 Å². The van der Waals surface area contributed by atoms with Gasteiger partial charge in [-0.2, -0.15) is 5.10 Å². The van der Waals surface area contributed by atoms with Gasteiger partial charge in [-0.25, -0.2) is 0 Å². The fourth-order valence-electron chi connectivity index (χ4n) is 2.62. The van der Waals surface area contributed by atoms with Crippen molar-refractivity contribution < 1.29 is 4.74 Å². The van der Waals surface area contributed by atoms with Crippen LogP contribution in [0.15, 0.2) is 47.7 Å². The summed E-state index contributed by atoms with van der Waals surface area (Å²) in [4.78, 5) is 4.72. The minimum atomic E-state index is 0. The Bertz CT molecular complexity index is 645. The van der Waals surface area contributed by atoms with Crippen molar-refractivity contribution in [3.63, 3.8) is 0 Å². The Labute approximate surface area is 173 Å². The molecule has 26 heavy (non-hydrogen) atoms. The molecule has 1 aromatic carbocycles. The average molecular weight is 471 g/mol. The molecule has 0 aliphatic heterocycles. The smallest absolute Gasteiger partial charge is 0.191 e. The Kier molecular flexibility index (Phi) is 10.8. The van der Waals surface area contributed by atoms with Gasteiger partial charge in [0.05, 0.1) is 7.11 Å². The van der Waals surface area contributed by atoms with Gasteiger partial charge in [0.15, 0.2) is 5.96 Å². The molecule has 0 spiro atoms. The number of halogens is 1. The molecule has 2 N–H and O–H groups in total. The maximum atomic E-state index is 5.45. The van der Waals surface area contributed by atoms with E-state index in [0.717, 1.165) is 37.8 Å². The zero-order valence-electron chi connectivity index (χ0n) is 15.8. The van der Waals surface area contributed by atoms with Crippen LogP contribution in [-0.2, 0) is 6.54 Å². The van der Waals surface area contributed by atoms with Crippen LogP contribution in [0.5, 0.6) is 5.75 Å². The van der Waals surface area contributed by atoms with Crippen molar-refractivity contribution in [3.05, 3.63) is 48.3 Å². The summed E-state index contributed by atoms with van der Waals surface area (Å²) in [5.41, 5.74) is 1.18. The van der Waals surface area contributed by atoms with E-state index in [9.17, 15) is 0 Å². The lowest BCUT2D eigenvalue weighted by molar-refractivity contribution is 0.407. The summed E-state index contributed by atoms with van der Waals surface area (Å²) in [5.74, 6) is 2.06.